The highest BCUT2D eigenvalue weighted by molar-refractivity contribution is 7.13. The van der Waals surface area contributed by atoms with Crippen LogP contribution in [0.25, 0.3) is 10.1 Å². The third-order valence-corrected chi connectivity index (χ3v) is 6.53. The molecule has 0 unspecified atom stereocenters. The number of nitrogen functional groups attached to an aromatic ring is 1. The quantitative estimate of drug-likeness (QED) is 0.390. The van der Waals surface area contributed by atoms with Gasteiger partial charge in [0.2, 0.25) is 0 Å². The van der Waals surface area contributed by atoms with Gasteiger partial charge in [0.15, 0.2) is 0 Å². The maximum Gasteiger partial charge on any atom is 0.253 e. The van der Waals surface area contributed by atoms with E-state index in [0.29, 0.717) is 22.8 Å². The molecule has 2 heterocycles. The van der Waals surface area contributed by atoms with Crippen molar-refractivity contribution in [3.8, 4) is 0 Å². The van der Waals surface area contributed by atoms with Crippen molar-refractivity contribution in [2.45, 2.75) is 12.8 Å². The van der Waals surface area contributed by atoms with Gasteiger partial charge in [-0.3, -0.25) is 9.69 Å². The Kier molecular flexibility index (Phi) is 8.37. The lowest BCUT2D eigenvalue weighted by atomic mass is 10.1. The number of anilines is 2. The molecule has 6 nitrogen and oxygen atoms in total. The van der Waals surface area contributed by atoms with Crippen molar-refractivity contribution in [1.29, 1.82) is 0 Å². The number of fused-ring (bicyclic) bond motifs is 1. The first kappa shape index (κ1) is 23.6. The maximum atomic E-state index is 12.3. The van der Waals surface area contributed by atoms with Crippen LogP contribution in [0.15, 0.2) is 42.5 Å². The van der Waals surface area contributed by atoms with Gasteiger partial charge < -0.3 is 16.0 Å². The Balaban J connectivity index is 0.00000272. The van der Waals surface area contributed by atoms with Crippen molar-refractivity contribution in [3.05, 3.63) is 53.1 Å². The summed E-state index contributed by atoms with van der Waals surface area (Å²) in [4.78, 5) is 17.1. The molecule has 0 aliphatic carbocycles. The highest BCUT2D eigenvalue weighted by Gasteiger charge is 2.20. The van der Waals surface area contributed by atoms with E-state index in [9.17, 15) is 4.79 Å². The molecular weight excluding hydrogens is 453 g/mol. The van der Waals surface area contributed by atoms with Gasteiger partial charge in [-0.25, -0.2) is 0 Å². The molecule has 1 aromatic heterocycles. The minimum atomic E-state index is -0.167. The number of carbonyl (C=O) groups excluding carboxylic acids is 1. The number of rotatable bonds is 7. The van der Waals surface area contributed by atoms with Crippen molar-refractivity contribution >= 4 is 63.0 Å². The van der Waals surface area contributed by atoms with Crippen LogP contribution in [0.2, 0.25) is 5.02 Å². The predicted molar refractivity (Wildman–Crippen MR) is 133 cm³/mol. The molecule has 0 spiro atoms. The summed E-state index contributed by atoms with van der Waals surface area (Å²) in [5.41, 5.74) is 6.75. The predicted octanol–water partition coefficient (Wildman–Crippen LogP) is 4.29. The van der Waals surface area contributed by atoms with E-state index in [2.05, 4.69) is 43.8 Å². The number of unbranched alkanes of at least 4 members (excludes halogenated alkanes) is 1. The molecule has 1 fully saturated rings. The average molecular weight is 480 g/mol. The molecule has 3 N–H and O–H groups in total. The SMILES string of the molecule is Cl.Nc1ccc(Cl)cc1C(=O)NCCCCN1CCN(c2nsc3ccccc23)CC1. The van der Waals surface area contributed by atoms with Gasteiger partial charge in [0.25, 0.3) is 5.91 Å². The van der Waals surface area contributed by atoms with Gasteiger partial charge in [-0.15, -0.1) is 12.4 Å². The highest BCUT2D eigenvalue weighted by atomic mass is 35.5. The van der Waals surface area contributed by atoms with Crippen LogP contribution in [0.3, 0.4) is 0 Å². The molecule has 1 aliphatic heterocycles. The van der Waals surface area contributed by atoms with Crippen LogP contribution >= 0.6 is 35.5 Å². The molecule has 1 aliphatic rings. The van der Waals surface area contributed by atoms with Crippen LogP contribution in [0.5, 0.6) is 0 Å². The fourth-order valence-corrected chi connectivity index (χ4v) is 4.73. The molecule has 4 rings (SSSR count). The van der Waals surface area contributed by atoms with Gasteiger partial charge in [0, 0.05) is 48.8 Å². The third kappa shape index (κ3) is 5.80. The lowest BCUT2D eigenvalue weighted by Crippen LogP contribution is -2.46. The summed E-state index contributed by atoms with van der Waals surface area (Å²) in [6, 6.07) is 13.4. The van der Waals surface area contributed by atoms with E-state index < -0.39 is 0 Å². The molecule has 0 saturated carbocycles. The summed E-state index contributed by atoms with van der Waals surface area (Å²) in [7, 11) is 0. The molecule has 1 saturated heterocycles. The molecule has 166 valence electrons. The summed E-state index contributed by atoms with van der Waals surface area (Å²) in [5, 5.41) is 4.71. The van der Waals surface area contributed by atoms with Crippen molar-refractivity contribution in [1.82, 2.24) is 14.6 Å². The third-order valence-electron chi connectivity index (χ3n) is 5.48. The zero-order valence-electron chi connectivity index (χ0n) is 17.2. The van der Waals surface area contributed by atoms with E-state index in [0.717, 1.165) is 51.4 Å². The van der Waals surface area contributed by atoms with E-state index in [1.54, 1.807) is 29.7 Å². The Labute approximate surface area is 197 Å². The van der Waals surface area contributed by atoms with Gasteiger partial charge >= 0.3 is 0 Å². The number of halogens is 2. The first-order chi connectivity index (χ1) is 14.6. The first-order valence-electron chi connectivity index (χ1n) is 10.3. The number of hydrogen-bond acceptors (Lipinski definition) is 6. The van der Waals surface area contributed by atoms with E-state index in [1.165, 1.54) is 10.1 Å². The smallest absolute Gasteiger partial charge is 0.253 e. The fraction of sp³-hybridized carbons (Fsp3) is 0.364. The molecule has 3 aromatic rings. The van der Waals surface area contributed by atoms with Crippen molar-refractivity contribution < 1.29 is 4.79 Å². The number of amides is 1. The number of carbonyl (C=O) groups is 1. The van der Waals surface area contributed by atoms with Crippen molar-refractivity contribution in [3.63, 3.8) is 0 Å². The normalized spacial score (nSPS) is 14.4. The van der Waals surface area contributed by atoms with Gasteiger partial charge in [0.1, 0.15) is 5.82 Å². The van der Waals surface area contributed by atoms with E-state index in [-0.39, 0.29) is 18.3 Å². The Bertz CT molecular complexity index is 1020. The van der Waals surface area contributed by atoms with Crippen LogP contribution in [-0.2, 0) is 0 Å². The Morgan fingerprint density at radius 2 is 1.90 bits per heavy atom. The first-order valence-corrected chi connectivity index (χ1v) is 11.4. The molecule has 0 radical (unpaired) electrons. The second kappa shape index (κ2) is 11.0. The van der Waals surface area contributed by atoms with E-state index >= 15 is 0 Å². The molecule has 0 bridgehead atoms. The van der Waals surface area contributed by atoms with Gasteiger partial charge in [-0.1, -0.05) is 23.7 Å². The lowest BCUT2D eigenvalue weighted by molar-refractivity contribution is 0.0953. The van der Waals surface area contributed by atoms with Crippen LogP contribution in [0.1, 0.15) is 23.2 Å². The molecule has 1 amide bonds. The summed E-state index contributed by atoms with van der Waals surface area (Å²) in [5.74, 6) is 0.956. The lowest BCUT2D eigenvalue weighted by Gasteiger charge is -2.35. The van der Waals surface area contributed by atoms with Crippen LogP contribution in [-0.4, -0.2) is 54.4 Å². The number of nitrogens with one attached hydrogen (secondary N) is 1. The average Bonchev–Trinajstić information content (AvgIpc) is 3.20. The fourth-order valence-electron chi connectivity index (χ4n) is 3.77. The Morgan fingerprint density at radius 3 is 2.71 bits per heavy atom. The number of aromatic nitrogens is 1. The number of piperazine rings is 1. The van der Waals surface area contributed by atoms with Crippen molar-refractivity contribution in [2.75, 3.05) is 49.9 Å². The summed E-state index contributed by atoms with van der Waals surface area (Å²) in [6.45, 7) is 5.75. The monoisotopic (exact) mass is 479 g/mol. The van der Waals surface area contributed by atoms with Crippen LogP contribution < -0.4 is 16.0 Å². The number of nitrogens with two attached hydrogens (primary N) is 1. The number of hydrogen-bond donors (Lipinski definition) is 2. The topological polar surface area (TPSA) is 74.5 Å². The van der Waals surface area contributed by atoms with E-state index in [4.69, 9.17) is 17.3 Å². The highest BCUT2D eigenvalue weighted by Crippen LogP contribution is 2.29. The summed E-state index contributed by atoms with van der Waals surface area (Å²) in [6.07, 6.45) is 1.98. The second-order valence-electron chi connectivity index (χ2n) is 7.53. The van der Waals surface area contributed by atoms with Gasteiger partial charge in [-0.05, 0) is 61.3 Å². The largest absolute Gasteiger partial charge is 0.398 e. The number of benzene rings is 2. The molecule has 0 atom stereocenters. The zero-order valence-corrected chi connectivity index (χ0v) is 19.6. The molecule has 2 aromatic carbocycles. The minimum Gasteiger partial charge on any atom is -0.398 e. The molecule has 31 heavy (non-hydrogen) atoms. The van der Waals surface area contributed by atoms with E-state index in [1.807, 2.05) is 0 Å². The summed E-state index contributed by atoms with van der Waals surface area (Å²) < 4.78 is 5.92. The van der Waals surface area contributed by atoms with Crippen LogP contribution in [0.4, 0.5) is 11.5 Å². The van der Waals surface area contributed by atoms with Gasteiger partial charge in [-0.2, -0.15) is 4.37 Å². The standard InChI is InChI=1S/C22H26ClN5OS.ClH/c23-16-7-8-19(24)18(15-16)22(29)25-9-3-4-10-27-11-13-28(14-12-27)21-17-5-1-2-6-20(17)30-26-21;/h1-2,5-8,15H,3-4,9-14,24H2,(H,25,29);1H. The maximum absolute atomic E-state index is 12.3. The van der Waals surface area contributed by atoms with Crippen molar-refractivity contribution in [2.24, 2.45) is 0 Å². The minimum absolute atomic E-state index is 0. The number of nitrogens with zero attached hydrogens (tertiary/aromatic N) is 3. The zero-order chi connectivity index (χ0) is 20.9. The second-order valence-corrected chi connectivity index (χ2v) is 8.77. The summed E-state index contributed by atoms with van der Waals surface area (Å²) >= 11 is 7.53. The Morgan fingerprint density at radius 1 is 1.13 bits per heavy atom. The molecule has 9 heteroatoms. The Hall–Kier alpha value is -2.06. The van der Waals surface area contributed by atoms with Crippen LogP contribution in [0, 0.1) is 0 Å². The van der Waals surface area contributed by atoms with Gasteiger partial charge in [0.05, 0.1) is 10.3 Å². The molecular formula is C22H27Cl2N5OS.